The molecule has 2 aliphatic rings. The second-order valence-corrected chi connectivity index (χ2v) is 7.07. The summed E-state index contributed by atoms with van der Waals surface area (Å²) in [6.45, 7) is 5.24. The summed E-state index contributed by atoms with van der Waals surface area (Å²) in [6, 6.07) is 5.11. The normalized spacial score (nSPS) is 19.8. The van der Waals surface area contributed by atoms with E-state index in [0.717, 1.165) is 32.0 Å². The molecule has 2 aliphatic heterocycles. The van der Waals surface area contributed by atoms with Crippen LogP contribution in [-0.2, 0) is 11.0 Å². The summed E-state index contributed by atoms with van der Waals surface area (Å²) in [7, 11) is 0. The maximum absolute atomic E-state index is 13.4. The predicted molar refractivity (Wildman–Crippen MR) is 95.2 cm³/mol. The first kappa shape index (κ1) is 19.5. The van der Waals surface area contributed by atoms with Gasteiger partial charge in [-0.15, -0.1) is 0 Å². The van der Waals surface area contributed by atoms with Crippen LogP contribution in [0.5, 0.6) is 0 Å². The van der Waals surface area contributed by atoms with Gasteiger partial charge < -0.3 is 9.80 Å². The van der Waals surface area contributed by atoms with Gasteiger partial charge in [-0.3, -0.25) is 9.69 Å². The van der Waals surface area contributed by atoms with Gasteiger partial charge in [0.25, 0.3) is 0 Å². The monoisotopic (exact) mass is 380 g/mol. The minimum Gasteiger partial charge on any atom is -0.368 e. The summed E-state index contributed by atoms with van der Waals surface area (Å²) in [5.74, 6) is 0.100. The minimum absolute atomic E-state index is 0.0414. The molecule has 1 unspecified atom stereocenters. The van der Waals surface area contributed by atoms with E-state index >= 15 is 0 Å². The number of benzene rings is 1. The van der Waals surface area contributed by atoms with Crippen molar-refractivity contribution in [3.8, 4) is 6.07 Å². The molecule has 1 aromatic rings. The number of amides is 1. The fraction of sp³-hybridized carbons (Fsp3) is 0.579. The van der Waals surface area contributed by atoms with Crippen LogP contribution in [0.3, 0.4) is 0 Å². The number of nitrogens with zero attached hydrogens (tertiary/aromatic N) is 4. The first-order valence-electron chi connectivity index (χ1n) is 9.20. The molecule has 3 rings (SSSR count). The van der Waals surface area contributed by atoms with Gasteiger partial charge in [-0.1, -0.05) is 0 Å². The van der Waals surface area contributed by atoms with Gasteiger partial charge in [0.05, 0.1) is 28.9 Å². The number of alkyl halides is 3. The van der Waals surface area contributed by atoms with E-state index in [9.17, 15) is 18.0 Å². The topological polar surface area (TPSA) is 50.6 Å². The van der Waals surface area contributed by atoms with Crippen molar-refractivity contribution in [1.82, 2.24) is 9.80 Å². The van der Waals surface area contributed by atoms with Crippen molar-refractivity contribution in [2.45, 2.75) is 32.0 Å². The number of carbonyl (C=O) groups is 1. The van der Waals surface area contributed by atoms with E-state index in [4.69, 9.17) is 5.26 Å². The minimum atomic E-state index is -4.47. The lowest BCUT2D eigenvalue weighted by molar-refractivity contribution is -0.137. The van der Waals surface area contributed by atoms with Crippen molar-refractivity contribution in [1.29, 1.82) is 5.26 Å². The zero-order chi connectivity index (χ0) is 19.6. The van der Waals surface area contributed by atoms with Gasteiger partial charge in [-0.2, -0.15) is 18.4 Å². The molecule has 0 radical (unpaired) electrons. The summed E-state index contributed by atoms with van der Waals surface area (Å²) in [5.41, 5.74) is -0.478. The van der Waals surface area contributed by atoms with Crippen LogP contribution in [-0.4, -0.2) is 61.0 Å². The number of hydrogen-bond acceptors (Lipinski definition) is 4. The number of hydrogen-bond donors (Lipinski definition) is 0. The van der Waals surface area contributed by atoms with Crippen LogP contribution in [0.2, 0.25) is 0 Å². The molecule has 0 saturated carbocycles. The number of likely N-dealkylation sites (tertiary alicyclic amines) is 1. The number of anilines is 1. The van der Waals surface area contributed by atoms with E-state index in [1.807, 2.05) is 22.8 Å². The van der Waals surface area contributed by atoms with Crippen LogP contribution >= 0.6 is 0 Å². The lowest BCUT2D eigenvalue weighted by Crippen LogP contribution is -2.54. The van der Waals surface area contributed by atoms with Crippen molar-refractivity contribution in [2.24, 2.45) is 0 Å². The van der Waals surface area contributed by atoms with Crippen molar-refractivity contribution >= 4 is 11.6 Å². The Morgan fingerprint density at radius 2 is 1.74 bits per heavy atom. The van der Waals surface area contributed by atoms with Gasteiger partial charge in [0.15, 0.2) is 0 Å². The highest BCUT2D eigenvalue weighted by molar-refractivity contribution is 5.81. The molecule has 0 bridgehead atoms. The molecular weight excluding hydrogens is 357 g/mol. The van der Waals surface area contributed by atoms with Crippen molar-refractivity contribution < 1.29 is 18.0 Å². The van der Waals surface area contributed by atoms with Crippen LogP contribution in [0.15, 0.2) is 18.2 Å². The third-order valence-electron chi connectivity index (χ3n) is 5.41. The average molecular weight is 380 g/mol. The van der Waals surface area contributed by atoms with Gasteiger partial charge >= 0.3 is 6.18 Å². The second kappa shape index (κ2) is 7.77. The van der Waals surface area contributed by atoms with Gasteiger partial charge in [0, 0.05) is 39.3 Å². The van der Waals surface area contributed by atoms with Crippen molar-refractivity contribution in [3.63, 3.8) is 0 Å². The maximum atomic E-state index is 13.4. The highest BCUT2D eigenvalue weighted by Gasteiger charge is 2.36. The molecule has 8 heteroatoms. The highest BCUT2D eigenvalue weighted by Crippen LogP contribution is 2.37. The Bertz CT molecular complexity index is 729. The number of halogens is 3. The second-order valence-electron chi connectivity index (χ2n) is 7.07. The van der Waals surface area contributed by atoms with Gasteiger partial charge in [-0.25, -0.2) is 0 Å². The van der Waals surface area contributed by atoms with Gasteiger partial charge in [0.1, 0.15) is 0 Å². The Morgan fingerprint density at radius 1 is 1.11 bits per heavy atom. The first-order chi connectivity index (χ1) is 12.8. The molecule has 0 N–H and O–H groups in total. The summed E-state index contributed by atoms with van der Waals surface area (Å²) in [4.78, 5) is 18.1. The largest absolute Gasteiger partial charge is 0.418 e. The fourth-order valence-corrected chi connectivity index (χ4v) is 3.81. The van der Waals surface area contributed by atoms with E-state index in [1.54, 1.807) is 4.90 Å². The first-order valence-corrected chi connectivity index (χ1v) is 9.20. The van der Waals surface area contributed by atoms with Gasteiger partial charge in [0.2, 0.25) is 5.91 Å². The SMILES string of the molecule is CC(C(=O)N1CCCC1)N1CCN(c2cc(C#N)ccc2C(F)(F)F)CC1. The summed E-state index contributed by atoms with van der Waals surface area (Å²) in [6.07, 6.45) is -2.41. The Labute approximate surface area is 156 Å². The number of nitriles is 1. The molecule has 2 heterocycles. The number of carbonyl (C=O) groups excluding carboxylic acids is 1. The predicted octanol–water partition coefficient (Wildman–Crippen LogP) is 2.71. The summed E-state index contributed by atoms with van der Waals surface area (Å²) >= 11 is 0. The highest BCUT2D eigenvalue weighted by atomic mass is 19.4. The average Bonchev–Trinajstić information content (AvgIpc) is 3.20. The van der Waals surface area contributed by atoms with Crippen LogP contribution in [0.4, 0.5) is 18.9 Å². The van der Waals surface area contributed by atoms with Crippen LogP contribution < -0.4 is 4.90 Å². The Hall–Kier alpha value is -2.27. The number of piperazine rings is 1. The molecule has 146 valence electrons. The van der Waals surface area contributed by atoms with Crippen LogP contribution in [0.1, 0.15) is 30.9 Å². The zero-order valence-electron chi connectivity index (χ0n) is 15.3. The zero-order valence-corrected chi connectivity index (χ0v) is 15.3. The molecule has 0 aliphatic carbocycles. The van der Waals surface area contributed by atoms with E-state index < -0.39 is 11.7 Å². The van der Waals surface area contributed by atoms with Crippen LogP contribution in [0.25, 0.3) is 0 Å². The molecule has 1 aromatic carbocycles. The molecule has 2 fully saturated rings. The molecular formula is C19H23F3N4O. The third kappa shape index (κ3) is 4.19. The maximum Gasteiger partial charge on any atom is 0.418 e. The molecule has 2 saturated heterocycles. The molecule has 27 heavy (non-hydrogen) atoms. The van der Waals surface area contributed by atoms with Crippen molar-refractivity contribution in [3.05, 3.63) is 29.3 Å². The smallest absolute Gasteiger partial charge is 0.368 e. The standard InChI is InChI=1S/C19H23F3N4O/c1-14(18(27)26-6-2-3-7-26)24-8-10-25(11-9-24)17-12-15(13-23)4-5-16(17)19(20,21)22/h4-5,12,14H,2-3,6-11H2,1H3. The van der Waals surface area contributed by atoms with Crippen molar-refractivity contribution in [2.75, 3.05) is 44.2 Å². The summed E-state index contributed by atoms with van der Waals surface area (Å²) < 4.78 is 40.1. The fourth-order valence-electron chi connectivity index (χ4n) is 3.81. The summed E-state index contributed by atoms with van der Waals surface area (Å²) in [5, 5.41) is 9.03. The Balaban J connectivity index is 1.70. The Kier molecular flexibility index (Phi) is 5.61. The number of rotatable bonds is 3. The van der Waals surface area contributed by atoms with E-state index in [1.165, 1.54) is 12.1 Å². The quantitative estimate of drug-likeness (QED) is 0.809. The van der Waals surface area contributed by atoms with E-state index in [2.05, 4.69) is 0 Å². The van der Waals surface area contributed by atoms with Crippen LogP contribution in [0, 0.1) is 11.3 Å². The lowest BCUT2D eigenvalue weighted by Gasteiger charge is -2.40. The lowest BCUT2D eigenvalue weighted by atomic mass is 10.1. The molecule has 1 amide bonds. The van der Waals surface area contributed by atoms with E-state index in [-0.39, 0.29) is 23.2 Å². The third-order valence-corrected chi connectivity index (χ3v) is 5.41. The molecule has 0 spiro atoms. The molecule has 1 atom stereocenters. The Morgan fingerprint density at radius 3 is 2.30 bits per heavy atom. The van der Waals surface area contributed by atoms with E-state index in [0.29, 0.717) is 26.2 Å². The molecule has 0 aromatic heterocycles. The molecule has 5 nitrogen and oxygen atoms in total. The van der Waals surface area contributed by atoms with Gasteiger partial charge in [-0.05, 0) is 38.0 Å².